The van der Waals surface area contributed by atoms with E-state index in [1.807, 2.05) is 0 Å². The molecule has 1 aliphatic rings. The van der Waals surface area contributed by atoms with Gasteiger partial charge in [-0.1, -0.05) is 6.92 Å². The summed E-state index contributed by atoms with van der Waals surface area (Å²) in [5, 5.41) is 4.05. The predicted octanol–water partition coefficient (Wildman–Crippen LogP) is 0.720. The Kier molecular flexibility index (Phi) is 4.03. The standard InChI is InChI=1S/C11H19N5OS/c1-2-16-5-3-7(4-6-16)14-11-8(10(13)17)9(12)15-18-11/h7,14H,2-6H2,1H3,(H2,12,15)(H2,13,17). The Bertz CT molecular complexity index is 425. The van der Waals surface area contributed by atoms with E-state index in [9.17, 15) is 4.79 Å². The lowest BCUT2D eigenvalue weighted by molar-refractivity contribution is 0.100. The number of carbonyl (C=O) groups is 1. The third-order valence-electron chi connectivity index (χ3n) is 3.33. The van der Waals surface area contributed by atoms with Crippen molar-refractivity contribution < 1.29 is 4.79 Å². The van der Waals surface area contributed by atoms with Gasteiger partial charge in [-0.2, -0.15) is 4.37 Å². The van der Waals surface area contributed by atoms with Crippen molar-refractivity contribution in [2.45, 2.75) is 25.8 Å². The Labute approximate surface area is 110 Å². The maximum absolute atomic E-state index is 11.3. The lowest BCUT2D eigenvalue weighted by Gasteiger charge is -2.31. The number of aromatic nitrogens is 1. The van der Waals surface area contributed by atoms with E-state index in [0.29, 0.717) is 16.6 Å². The van der Waals surface area contributed by atoms with E-state index in [4.69, 9.17) is 11.5 Å². The molecule has 18 heavy (non-hydrogen) atoms. The second-order valence-electron chi connectivity index (χ2n) is 4.49. The zero-order valence-electron chi connectivity index (χ0n) is 10.5. The fourth-order valence-electron chi connectivity index (χ4n) is 2.22. The average molecular weight is 269 g/mol. The van der Waals surface area contributed by atoms with Gasteiger partial charge in [-0.15, -0.1) is 0 Å². The first-order valence-electron chi connectivity index (χ1n) is 6.15. The van der Waals surface area contributed by atoms with Gasteiger partial charge in [-0.25, -0.2) is 0 Å². The van der Waals surface area contributed by atoms with Gasteiger partial charge >= 0.3 is 0 Å². The van der Waals surface area contributed by atoms with Crippen molar-refractivity contribution in [1.82, 2.24) is 9.27 Å². The lowest BCUT2D eigenvalue weighted by Crippen LogP contribution is -2.39. The van der Waals surface area contributed by atoms with Gasteiger partial charge in [0.25, 0.3) is 5.91 Å². The molecule has 2 heterocycles. The van der Waals surface area contributed by atoms with E-state index < -0.39 is 5.91 Å². The zero-order valence-corrected chi connectivity index (χ0v) is 11.3. The molecular weight excluding hydrogens is 250 g/mol. The van der Waals surface area contributed by atoms with Crippen molar-refractivity contribution in [3.05, 3.63) is 5.56 Å². The maximum atomic E-state index is 11.3. The molecule has 1 aromatic heterocycles. The summed E-state index contributed by atoms with van der Waals surface area (Å²) in [4.78, 5) is 13.7. The van der Waals surface area contributed by atoms with Crippen LogP contribution in [-0.4, -0.2) is 40.9 Å². The Hall–Kier alpha value is -1.34. The van der Waals surface area contributed by atoms with E-state index >= 15 is 0 Å². The molecule has 0 aliphatic carbocycles. The Morgan fingerprint density at radius 3 is 2.78 bits per heavy atom. The van der Waals surface area contributed by atoms with Crippen LogP contribution in [0.25, 0.3) is 0 Å². The number of nitrogens with two attached hydrogens (primary N) is 2. The minimum absolute atomic E-state index is 0.223. The van der Waals surface area contributed by atoms with Crippen molar-refractivity contribution in [3.8, 4) is 0 Å². The number of nitrogens with zero attached hydrogens (tertiary/aromatic N) is 2. The lowest BCUT2D eigenvalue weighted by atomic mass is 10.1. The molecule has 1 saturated heterocycles. The van der Waals surface area contributed by atoms with E-state index in [-0.39, 0.29) is 5.82 Å². The number of likely N-dealkylation sites (tertiary alicyclic amines) is 1. The van der Waals surface area contributed by atoms with Gasteiger partial charge in [0, 0.05) is 19.1 Å². The first-order chi connectivity index (χ1) is 8.61. The highest BCUT2D eigenvalue weighted by molar-refractivity contribution is 7.11. The minimum Gasteiger partial charge on any atom is -0.382 e. The molecule has 1 aromatic rings. The highest BCUT2D eigenvalue weighted by atomic mass is 32.1. The van der Waals surface area contributed by atoms with E-state index in [1.165, 1.54) is 11.5 Å². The number of hydrogen-bond acceptors (Lipinski definition) is 6. The fourth-order valence-corrected chi connectivity index (χ4v) is 3.01. The monoisotopic (exact) mass is 269 g/mol. The fraction of sp³-hybridized carbons (Fsp3) is 0.636. The largest absolute Gasteiger partial charge is 0.382 e. The predicted molar refractivity (Wildman–Crippen MR) is 73.8 cm³/mol. The molecule has 100 valence electrons. The van der Waals surface area contributed by atoms with Gasteiger partial charge in [0.05, 0.1) is 0 Å². The second kappa shape index (κ2) is 5.53. The minimum atomic E-state index is -0.519. The molecule has 0 bridgehead atoms. The van der Waals surface area contributed by atoms with Crippen LogP contribution in [0.5, 0.6) is 0 Å². The number of carbonyl (C=O) groups excluding carboxylic acids is 1. The number of nitrogen functional groups attached to an aromatic ring is 1. The third-order valence-corrected chi connectivity index (χ3v) is 4.13. The number of amides is 1. The van der Waals surface area contributed by atoms with Gasteiger partial charge in [-0.05, 0) is 30.9 Å². The summed E-state index contributed by atoms with van der Waals surface area (Å²) in [7, 11) is 0. The average Bonchev–Trinajstić information content (AvgIpc) is 2.71. The van der Waals surface area contributed by atoms with Crippen molar-refractivity contribution >= 4 is 28.3 Å². The van der Waals surface area contributed by atoms with Crippen LogP contribution < -0.4 is 16.8 Å². The Morgan fingerprint density at radius 1 is 1.56 bits per heavy atom. The summed E-state index contributed by atoms with van der Waals surface area (Å²) in [6.07, 6.45) is 2.12. The van der Waals surface area contributed by atoms with Crippen LogP contribution in [0.1, 0.15) is 30.1 Å². The molecule has 0 unspecified atom stereocenters. The number of hydrogen-bond donors (Lipinski definition) is 3. The Morgan fingerprint density at radius 2 is 2.22 bits per heavy atom. The van der Waals surface area contributed by atoms with Gasteiger partial charge in [-0.3, -0.25) is 4.79 Å². The van der Waals surface area contributed by atoms with E-state index in [1.54, 1.807) is 0 Å². The first-order valence-corrected chi connectivity index (χ1v) is 6.93. The van der Waals surface area contributed by atoms with Crippen LogP contribution in [0.3, 0.4) is 0 Å². The van der Waals surface area contributed by atoms with Crippen LogP contribution in [0.4, 0.5) is 10.8 Å². The van der Waals surface area contributed by atoms with Gasteiger partial charge < -0.3 is 21.7 Å². The van der Waals surface area contributed by atoms with Crippen molar-refractivity contribution in [2.24, 2.45) is 5.73 Å². The molecule has 5 N–H and O–H groups in total. The molecule has 0 atom stereocenters. The van der Waals surface area contributed by atoms with Crippen LogP contribution in [0, 0.1) is 0 Å². The summed E-state index contributed by atoms with van der Waals surface area (Å²) in [5.74, 6) is -0.296. The summed E-state index contributed by atoms with van der Waals surface area (Å²) >= 11 is 1.20. The number of nitrogens with one attached hydrogen (secondary N) is 1. The molecule has 0 spiro atoms. The summed E-state index contributed by atoms with van der Waals surface area (Å²) < 4.78 is 3.98. The molecule has 1 fully saturated rings. The van der Waals surface area contributed by atoms with Crippen molar-refractivity contribution in [1.29, 1.82) is 0 Å². The normalized spacial score (nSPS) is 17.8. The number of primary amides is 1. The topological polar surface area (TPSA) is 97.3 Å². The number of piperidine rings is 1. The molecule has 0 aromatic carbocycles. The van der Waals surface area contributed by atoms with Crippen LogP contribution >= 0.6 is 11.5 Å². The van der Waals surface area contributed by atoms with Crippen LogP contribution in [-0.2, 0) is 0 Å². The van der Waals surface area contributed by atoms with Gasteiger partial charge in [0.1, 0.15) is 10.6 Å². The van der Waals surface area contributed by atoms with Crippen molar-refractivity contribution in [2.75, 3.05) is 30.7 Å². The van der Waals surface area contributed by atoms with Gasteiger partial charge in [0.15, 0.2) is 5.82 Å². The summed E-state index contributed by atoms with van der Waals surface area (Å²) in [6, 6.07) is 0.366. The quantitative estimate of drug-likeness (QED) is 0.748. The molecule has 1 amide bonds. The molecule has 1 aliphatic heterocycles. The van der Waals surface area contributed by atoms with E-state index in [2.05, 4.69) is 21.5 Å². The zero-order chi connectivity index (χ0) is 13.1. The van der Waals surface area contributed by atoms with E-state index in [0.717, 1.165) is 32.5 Å². The maximum Gasteiger partial charge on any atom is 0.255 e. The van der Waals surface area contributed by atoms with Crippen molar-refractivity contribution in [3.63, 3.8) is 0 Å². The number of rotatable bonds is 4. The molecule has 0 radical (unpaired) electrons. The molecule has 6 nitrogen and oxygen atoms in total. The molecule has 7 heteroatoms. The summed E-state index contributed by atoms with van der Waals surface area (Å²) in [5.41, 5.74) is 11.3. The van der Waals surface area contributed by atoms with Crippen LogP contribution in [0.2, 0.25) is 0 Å². The number of anilines is 2. The Balaban J connectivity index is 2.00. The third kappa shape index (κ3) is 2.73. The van der Waals surface area contributed by atoms with Gasteiger partial charge in [0.2, 0.25) is 0 Å². The second-order valence-corrected chi connectivity index (χ2v) is 5.26. The summed E-state index contributed by atoms with van der Waals surface area (Å²) in [6.45, 7) is 5.41. The molecular formula is C11H19N5OS. The highest BCUT2D eigenvalue weighted by Crippen LogP contribution is 2.28. The molecule has 0 saturated carbocycles. The molecule has 2 rings (SSSR count). The first kappa shape index (κ1) is 13.1. The van der Waals surface area contributed by atoms with Crippen LogP contribution in [0.15, 0.2) is 0 Å². The SMILES string of the molecule is CCN1CCC(Nc2snc(N)c2C(N)=O)CC1. The smallest absolute Gasteiger partial charge is 0.255 e. The highest BCUT2D eigenvalue weighted by Gasteiger charge is 2.22.